The average molecular weight is 464 g/mol. The normalized spacial score (nSPS) is 12.7. The van der Waals surface area contributed by atoms with Crippen LogP contribution >= 0.6 is 0 Å². The molecule has 0 unspecified atom stereocenters. The third-order valence-electron chi connectivity index (χ3n) is 6.07. The standard InChI is InChI=1S/C27H29NO6/c1-17(6-12-25(29)32-4)5-11-21-22(13-28)26-24(16-34-27(26)30)18(2)23(21)15-33-14-19-7-9-20(31-3)10-8-19/h5,7-10H,6,11-12,14-16H2,1-4H3. The van der Waals surface area contributed by atoms with Gasteiger partial charge in [0.2, 0.25) is 0 Å². The number of hydrogen-bond donors (Lipinski definition) is 0. The lowest BCUT2D eigenvalue weighted by molar-refractivity contribution is -0.140. The van der Waals surface area contributed by atoms with Crippen molar-refractivity contribution in [1.82, 2.24) is 0 Å². The number of benzene rings is 2. The van der Waals surface area contributed by atoms with Crippen molar-refractivity contribution in [3.8, 4) is 11.8 Å². The molecule has 1 aliphatic heterocycles. The fraction of sp³-hybridized carbons (Fsp3) is 0.370. The largest absolute Gasteiger partial charge is 0.497 e. The van der Waals surface area contributed by atoms with Crippen molar-refractivity contribution in [3.05, 3.63) is 74.9 Å². The highest BCUT2D eigenvalue weighted by Crippen LogP contribution is 2.34. The van der Waals surface area contributed by atoms with Crippen LogP contribution < -0.4 is 4.74 Å². The second-order valence-electron chi connectivity index (χ2n) is 8.17. The molecule has 0 fully saturated rings. The van der Waals surface area contributed by atoms with Gasteiger partial charge in [0.25, 0.3) is 0 Å². The number of fused-ring (bicyclic) bond motifs is 1. The zero-order valence-electron chi connectivity index (χ0n) is 20.0. The average Bonchev–Trinajstić information content (AvgIpc) is 3.24. The third-order valence-corrected chi connectivity index (χ3v) is 6.07. The summed E-state index contributed by atoms with van der Waals surface area (Å²) in [4.78, 5) is 23.8. The first kappa shape index (κ1) is 25.0. The van der Waals surface area contributed by atoms with Crippen LogP contribution in [0.15, 0.2) is 35.9 Å². The van der Waals surface area contributed by atoms with Gasteiger partial charge in [-0.1, -0.05) is 23.8 Å². The van der Waals surface area contributed by atoms with E-state index in [1.165, 1.54) is 7.11 Å². The van der Waals surface area contributed by atoms with E-state index >= 15 is 0 Å². The molecule has 1 heterocycles. The first-order valence-corrected chi connectivity index (χ1v) is 11.1. The van der Waals surface area contributed by atoms with Gasteiger partial charge >= 0.3 is 11.9 Å². The van der Waals surface area contributed by atoms with Crippen LogP contribution in [0, 0.1) is 18.3 Å². The molecule has 0 aliphatic carbocycles. The Bertz CT molecular complexity index is 1140. The monoisotopic (exact) mass is 463 g/mol. The molecule has 0 saturated carbocycles. The molecule has 7 heteroatoms. The van der Waals surface area contributed by atoms with E-state index in [0.29, 0.717) is 37.2 Å². The van der Waals surface area contributed by atoms with E-state index in [1.807, 2.05) is 44.2 Å². The van der Waals surface area contributed by atoms with Gasteiger partial charge in [-0.3, -0.25) is 4.79 Å². The SMILES string of the molecule is COC(=O)CCC(C)=CCc1c(C#N)c2c(c(C)c1COCc1ccc(OC)cc1)COC2=O. The minimum absolute atomic E-state index is 0.161. The Balaban J connectivity index is 1.88. The van der Waals surface area contributed by atoms with E-state index in [2.05, 4.69) is 6.07 Å². The summed E-state index contributed by atoms with van der Waals surface area (Å²) < 4.78 is 21.2. The molecular weight excluding hydrogens is 434 g/mol. The molecule has 0 atom stereocenters. The topological polar surface area (TPSA) is 94.9 Å². The molecular formula is C27H29NO6. The van der Waals surface area contributed by atoms with Gasteiger partial charge < -0.3 is 18.9 Å². The van der Waals surface area contributed by atoms with E-state index in [0.717, 1.165) is 39.1 Å². The number of nitriles is 1. The van der Waals surface area contributed by atoms with E-state index in [4.69, 9.17) is 18.9 Å². The third kappa shape index (κ3) is 5.64. The van der Waals surface area contributed by atoms with Crippen LogP contribution in [-0.2, 0) is 45.2 Å². The molecule has 178 valence electrons. The zero-order valence-corrected chi connectivity index (χ0v) is 20.0. The second-order valence-corrected chi connectivity index (χ2v) is 8.17. The molecule has 3 rings (SSSR count). The van der Waals surface area contributed by atoms with Gasteiger partial charge in [-0.25, -0.2) is 4.79 Å². The summed E-state index contributed by atoms with van der Waals surface area (Å²) in [7, 11) is 2.99. The minimum Gasteiger partial charge on any atom is -0.497 e. The highest BCUT2D eigenvalue weighted by Gasteiger charge is 2.31. The van der Waals surface area contributed by atoms with Crippen LogP contribution in [0.25, 0.3) is 0 Å². The smallest absolute Gasteiger partial charge is 0.340 e. The molecule has 34 heavy (non-hydrogen) atoms. The number of methoxy groups -OCH3 is 2. The lowest BCUT2D eigenvalue weighted by Crippen LogP contribution is -2.10. The number of carbonyl (C=O) groups is 2. The Morgan fingerprint density at radius 1 is 1.15 bits per heavy atom. The van der Waals surface area contributed by atoms with Crippen molar-refractivity contribution in [3.63, 3.8) is 0 Å². The predicted octanol–water partition coefficient (Wildman–Crippen LogP) is 4.70. The Kier molecular flexibility index (Phi) is 8.44. The summed E-state index contributed by atoms with van der Waals surface area (Å²) in [6, 6.07) is 9.86. The van der Waals surface area contributed by atoms with E-state index < -0.39 is 5.97 Å². The molecule has 0 saturated heterocycles. The summed E-state index contributed by atoms with van der Waals surface area (Å²) in [5.41, 5.74) is 5.99. The molecule has 0 amide bonds. The van der Waals surface area contributed by atoms with Crippen LogP contribution in [0.2, 0.25) is 0 Å². The highest BCUT2D eigenvalue weighted by molar-refractivity contribution is 5.97. The van der Waals surface area contributed by atoms with Gasteiger partial charge in [0.1, 0.15) is 18.4 Å². The zero-order chi connectivity index (χ0) is 24.7. The van der Waals surface area contributed by atoms with Gasteiger partial charge in [0.15, 0.2) is 0 Å². The number of ether oxygens (including phenoxy) is 4. The van der Waals surface area contributed by atoms with Crippen LogP contribution in [0.5, 0.6) is 5.75 Å². The van der Waals surface area contributed by atoms with Crippen molar-refractivity contribution in [1.29, 1.82) is 5.26 Å². The fourth-order valence-corrected chi connectivity index (χ4v) is 3.98. The summed E-state index contributed by atoms with van der Waals surface area (Å²) in [5, 5.41) is 9.95. The molecule has 2 aromatic carbocycles. The highest BCUT2D eigenvalue weighted by atomic mass is 16.5. The lowest BCUT2D eigenvalue weighted by atomic mass is 9.87. The summed E-state index contributed by atoms with van der Waals surface area (Å²) in [6.07, 6.45) is 3.28. The molecule has 0 bridgehead atoms. The van der Waals surface area contributed by atoms with Gasteiger partial charge in [-0.05, 0) is 61.1 Å². The number of carbonyl (C=O) groups excluding carboxylic acids is 2. The number of hydrogen-bond acceptors (Lipinski definition) is 7. The van der Waals surface area contributed by atoms with Gasteiger partial charge in [-0.15, -0.1) is 0 Å². The minimum atomic E-state index is -0.465. The van der Waals surface area contributed by atoms with Crippen molar-refractivity contribution in [2.75, 3.05) is 14.2 Å². The Labute approximate surface area is 199 Å². The van der Waals surface area contributed by atoms with Gasteiger partial charge in [0.05, 0.1) is 38.6 Å². The number of nitrogens with zero attached hydrogens (tertiary/aromatic N) is 1. The maximum Gasteiger partial charge on any atom is 0.340 e. The van der Waals surface area contributed by atoms with Crippen LogP contribution in [0.1, 0.15) is 63.5 Å². The van der Waals surface area contributed by atoms with Crippen LogP contribution in [0.3, 0.4) is 0 Å². The second kappa shape index (κ2) is 11.5. The summed E-state index contributed by atoms with van der Waals surface area (Å²) in [5.74, 6) is 0.0420. The summed E-state index contributed by atoms with van der Waals surface area (Å²) >= 11 is 0. The van der Waals surface area contributed by atoms with E-state index in [9.17, 15) is 14.9 Å². The quantitative estimate of drug-likeness (QED) is 0.372. The molecule has 7 nitrogen and oxygen atoms in total. The molecule has 2 aromatic rings. The molecule has 0 aromatic heterocycles. The Morgan fingerprint density at radius 3 is 2.53 bits per heavy atom. The van der Waals surface area contributed by atoms with Crippen molar-refractivity contribution < 1.29 is 28.5 Å². The number of rotatable bonds is 10. The molecule has 0 spiro atoms. The van der Waals surface area contributed by atoms with Crippen molar-refractivity contribution in [2.45, 2.75) is 52.9 Å². The van der Waals surface area contributed by atoms with Crippen LogP contribution in [0.4, 0.5) is 0 Å². The first-order chi connectivity index (χ1) is 16.4. The maximum absolute atomic E-state index is 12.4. The molecule has 1 aliphatic rings. The van der Waals surface area contributed by atoms with Crippen LogP contribution in [-0.4, -0.2) is 26.2 Å². The van der Waals surface area contributed by atoms with Crippen molar-refractivity contribution >= 4 is 11.9 Å². The maximum atomic E-state index is 12.4. The van der Waals surface area contributed by atoms with Gasteiger partial charge in [0, 0.05) is 12.0 Å². The number of esters is 2. The van der Waals surface area contributed by atoms with E-state index in [-0.39, 0.29) is 19.0 Å². The number of allylic oxidation sites excluding steroid dienone is 2. The first-order valence-electron chi connectivity index (χ1n) is 11.1. The van der Waals surface area contributed by atoms with Crippen molar-refractivity contribution in [2.24, 2.45) is 0 Å². The summed E-state index contributed by atoms with van der Waals surface area (Å²) in [6.45, 7) is 4.72. The Hall–Kier alpha value is -3.63. The molecule has 0 radical (unpaired) electrons. The predicted molar refractivity (Wildman–Crippen MR) is 125 cm³/mol. The number of cyclic esters (lactones) is 1. The Morgan fingerprint density at radius 2 is 1.88 bits per heavy atom. The fourth-order valence-electron chi connectivity index (χ4n) is 3.98. The molecule has 0 N–H and O–H groups in total. The van der Waals surface area contributed by atoms with E-state index in [1.54, 1.807) is 7.11 Å². The van der Waals surface area contributed by atoms with Gasteiger partial charge in [-0.2, -0.15) is 5.26 Å². The lowest BCUT2D eigenvalue weighted by Gasteiger charge is -2.17.